The largest absolute Gasteiger partial charge is 0.373 e. The first kappa shape index (κ1) is 11.0. The van der Waals surface area contributed by atoms with Gasteiger partial charge in [-0.3, -0.25) is 0 Å². The number of ether oxygens (including phenoxy) is 1. The summed E-state index contributed by atoms with van der Waals surface area (Å²) in [7, 11) is 0. The summed E-state index contributed by atoms with van der Waals surface area (Å²) < 4.78 is 5.88. The highest BCUT2D eigenvalue weighted by molar-refractivity contribution is 5.35. The lowest BCUT2D eigenvalue weighted by molar-refractivity contribution is 0.0973. The highest BCUT2D eigenvalue weighted by Crippen LogP contribution is 2.34. The predicted octanol–water partition coefficient (Wildman–Crippen LogP) is 2.58. The van der Waals surface area contributed by atoms with Crippen LogP contribution in [0.25, 0.3) is 0 Å². The van der Waals surface area contributed by atoms with E-state index in [4.69, 9.17) is 4.74 Å². The van der Waals surface area contributed by atoms with Crippen molar-refractivity contribution in [2.75, 3.05) is 0 Å². The van der Waals surface area contributed by atoms with Crippen LogP contribution in [0.3, 0.4) is 0 Å². The summed E-state index contributed by atoms with van der Waals surface area (Å²) >= 11 is 0. The summed E-state index contributed by atoms with van der Waals surface area (Å²) in [5.41, 5.74) is 4.60. The van der Waals surface area contributed by atoms with Gasteiger partial charge in [0.05, 0.1) is 12.2 Å². The molecule has 0 aromatic heterocycles. The van der Waals surface area contributed by atoms with Gasteiger partial charge >= 0.3 is 0 Å². The fourth-order valence-electron chi connectivity index (χ4n) is 3.84. The Hall–Kier alpha value is -0.860. The molecule has 2 nitrogen and oxygen atoms in total. The van der Waals surface area contributed by atoms with E-state index in [1.807, 2.05) is 0 Å². The zero-order valence-electron chi connectivity index (χ0n) is 10.8. The van der Waals surface area contributed by atoms with Gasteiger partial charge in [-0.25, -0.2) is 0 Å². The summed E-state index contributed by atoms with van der Waals surface area (Å²) in [6.45, 7) is 1.00. The Morgan fingerprint density at radius 2 is 2.11 bits per heavy atom. The first-order chi connectivity index (χ1) is 8.88. The second-order valence-corrected chi connectivity index (χ2v) is 6.05. The van der Waals surface area contributed by atoms with Gasteiger partial charge in [-0.15, -0.1) is 0 Å². The third-order valence-electron chi connectivity index (χ3n) is 4.84. The molecular weight excluding hydrogens is 222 g/mol. The maximum absolute atomic E-state index is 5.88. The van der Waals surface area contributed by atoms with E-state index in [0.29, 0.717) is 18.2 Å². The fraction of sp³-hybridized carbons (Fsp3) is 0.625. The molecule has 18 heavy (non-hydrogen) atoms. The van der Waals surface area contributed by atoms with Crippen LogP contribution in [0, 0.1) is 0 Å². The van der Waals surface area contributed by atoms with Gasteiger partial charge in [-0.05, 0) is 55.2 Å². The van der Waals surface area contributed by atoms with Crippen LogP contribution in [0.15, 0.2) is 18.2 Å². The molecule has 1 aliphatic carbocycles. The molecule has 0 saturated carbocycles. The van der Waals surface area contributed by atoms with Crippen LogP contribution in [-0.4, -0.2) is 18.2 Å². The monoisotopic (exact) mass is 243 g/mol. The van der Waals surface area contributed by atoms with Gasteiger partial charge in [-0.2, -0.15) is 0 Å². The molecule has 3 aliphatic rings. The number of hydrogen-bond acceptors (Lipinski definition) is 2. The molecule has 3 atom stereocenters. The summed E-state index contributed by atoms with van der Waals surface area (Å²) in [4.78, 5) is 0. The molecule has 2 aliphatic heterocycles. The topological polar surface area (TPSA) is 21.3 Å². The van der Waals surface area contributed by atoms with Gasteiger partial charge in [0.2, 0.25) is 0 Å². The molecule has 1 N–H and O–H groups in total. The molecule has 1 aromatic rings. The molecule has 2 heteroatoms. The van der Waals surface area contributed by atoms with E-state index in [2.05, 4.69) is 23.5 Å². The SMILES string of the molecule is c1cc2c(cc1CNC1CC3CCC1O3)CCC2. The average molecular weight is 243 g/mol. The van der Waals surface area contributed by atoms with Crippen molar-refractivity contribution in [1.82, 2.24) is 5.32 Å². The maximum atomic E-state index is 5.88. The first-order valence-corrected chi connectivity index (χ1v) is 7.38. The summed E-state index contributed by atoms with van der Waals surface area (Å²) in [5, 5.41) is 3.70. The van der Waals surface area contributed by atoms with Crippen molar-refractivity contribution >= 4 is 0 Å². The van der Waals surface area contributed by atoms with Gasteiger partial charge in [0.1, 0.15) is 0 Å². The van der Waals surface area contributed by atoms with Gasteiger partial charge < -0.3 is 10.1 Å². The molecule has 3 unspecified atom stereocenters. The number of benzene rings is 1. The Morgan fingerprint density at radius 1 is 1.17 bits per heavy atom. The van der Waals surface area contributed by atoms with E-state index in [9.17, 15) is 0 Å². The van der Waals surface area contributed by atoms with E-state index in [1.54, 1.807) is 11.1 Å². The zero-order valence-corrected chi connectivity index (χ0v) is 10.8. The second-order valence-electron chi connectivity index (χ2n) is 6.05. The third-order valence-corrected chi connectivity index (χ3v) is 4.84. The van der Waals surface area contributed by atoms with E-state index in [-0.39, 0.29) is 0 Å². The minimum absolute atomic E-state index is 0.490. The second kappa shape index (κ2) is 4.36. The average Bonchev–Trinajstić information content (AvgIpc) is 3.11. The van der Waals surface area contributed by atoms with Crippen molar-refractivity contribution in [1.29, 1.82) is 0 Å². The first-order valence-electron chi connectivity index (χ1n) is 7.38. The van der Waals surface area contributed by atoms with Crippen LogP contribution < -0.4 is 5.32 Å². The molecule has 1 aromatic carbocycles. The summed E-state index contributed by atoms with van der Waals surface area (Å²) in [6.07, 6.45) is 8.69. The number of hydrogen-bond donors (Lipinski definition) is 1. The fourth-order valence-corrected chi connectivity index (χ4v) is 3.84. The standard InChI is InChI=1S/C16H21NO/c1-2-12-5-4-11(8-13(12)3-1)10-17-15-9-14-6-7-16(15)18-14/h4-5,8,14-17H,1-3,6-7,9-10H2. The smallest absolute Gasteiger partial charge is 0.0733 e. The molecule has 2 heterocycles. The number of aryl methyl sites for hydroxylation is 2. The van der Waals surface area contributed by atoms with Crippen molar-refractivity contribution in [2.24, 2.45) is 0 Å². The summed E-state index contributed by atoms with van der Waals surface area (Å²) in [6, 6.07) is 7.63. The van der Waals surface area contributed by atoms with E-state index < -0.39 is 0 Å². The Balaban J connectivity index is 1.40. The van der Waals surface area contributed by atoms with Crippen molar-refractivity contribution in [2.45, 2.75) is 63.3 Å². The van der Waals surface area contributed by atoms with E-state index in [1.165, 1.54) is 44.1 Å². The van der Waals surface area contributed by atoms with Gasteiger partial charge in [-0.1, -0.05) is 18.2 Å². The lowest BCUT2D eigenvalue weighted by Crippen LogP contribution is -2.36. The minimum atomic E-state index is 0.490. The quantitative estimate of drug-likeness (QED) is 0.881. The normalized spacial score (nSPS) is 33.0. The molecule has 0 amide bonds. The number of rotatable bonds is 3. The van der Waals surface area contributed by atoms with Gasteiger partial charge in [0.25, 0.3) is 0 Å². The van der Waals surface area contributed by atoms with Crippen LogP contribution >= 0.6 is 0 Å². The van der Waals surface area contributed by atoms with Gasteiger partial charge in [0.15, 0.2) is 0 Å². The molecule has 0 radical (unpaired) electrons. The molecule has 96 valence electrons. The Kier molecular flexibility index (Phi) is 2.66. The highest BCUT2D eigenvalue weighted by Gasteiger charge is 2.40. The zero-order chi connectivity index (χ0) is 11.9. The van der Waals surface area contributed by atoms with Crippen LogP contribution in [0.1, 0.15) is 42.4 Å². The minimum Gasteiger partial charge on any atom is -0.373 e. The van der Waals surface area contributed by atoms with E-state index in [0.717, 1.165) is 6.54 Å². The highest BCUT2D eigenvalue weighted by atomic mass is 16.5. The molecule has 2 bridgehead atoms. The molecule has 0 spiro atoms. The molecular formula is C16H21NO. The lowest BCUT2D eigenvalue weighted by Gasteiger charge is -2.20. The van der Waals surface area contributed by atoms with Crippen molar-refractivity contribution in [3.63, 3.8) is 0 Å². The number of fused-ring (bicyclic) bond motifs is 3. The van der Waals surface area contributed by atoms with Crippen LogP contribution in [0.2, 0.25) is 0 Å². The number of nitrogens with one attached hydrogen (secondary N) is 1. The Labute approximate surface area is 109 Å². The van der Waals surface area contributed by atoms with Crippen molar-refractivity contribution in [3.8, 4) is 0 Å². The molecule has 4 rings (SSSR count). The van der Waals surface area contributed by atoms with Crippen molar-refractivity contribution in [3.05, 3.63) is 34.9 Å². The van der Waals surface area contributed by atoms with E-state index >= 15 is 0 Å². The molecule has 2 fully saturated rings. The van der Waals surface area contributed by atoms with Crippen LogP contribution in [0.4, 0.5) is 0 Å². The van der Waals surface area contributed by atoms with Crippen LogP contribution in [-0.2, 0) is 24.1 Å². The summed E-state index contributed by atoms with van der Waals surface area (Å²) in [5.74, 6) is 0. The van der Waals surface area contributed by atoms with Crippen molar-refractivity contribution < 1.29 is 4.74 Å². The van der Waals surface area contributed by atoms with Crippen LogP contribution in [0.5, 0.6) is 0 Å². The Bertz CT molecular complexity index is 456. The van der Waals surface area contributed by atoms with Gasteiger partial charge in [0, 0.05) is 12.6 Å². The molecule has 2 saturated heterocycles. The predicted molar refractivity (Wildman–Crippen MR) is 71.6 cm³/mol. The Morgan fingerprint density at radius 3 is 2.94 bits per heavy atom. The maximum Gasteiger partial charge on any atom is 0.0733 e. The third kappa shape index (κ3) is 1.88. The lowest BCUT2D eigenvalue weighted by atomic mass is 9.95.